The van der Waals surface area contributed by atoms with Crippen molar-refractivity contribution in [2.75, 3.05) is 6.61 Å². The van der Waals surface area contributed by atoms with E-state index < -0.39 is 7.82 Å². The van der Waals surface area contributed by atoms with Crippen molar-refractivity contribution < 1.29 is 18.5 Å². The summed E-state index contributed by atoms with van der Waals surface area (Å²) in [5.74, 6) is 1.18. The molecule has 0 aliphatic heterocycles. The average molecular weight is 286 g/mol. The fourth-order valence-electron chi connectivity index (χ4n) is 1.48. The van der Waals surface area contributed by atoms with E-state index in [4.69, 9.17) is 9.05 Å². The van der Waals surface area contributed by atoms with Gasteiger partial charge in [-0.2, -0.15) is 0 Å². The lowest BCUT2D eigenvalue weighted by Crippen LogP contribution is -2.01. The first-order valence-electron chi connectivity index (χ1n) is 6.57. The van der Waals surface area contributed by atoms with E-state index in [0.29, 0.717) is 17.6 Å². The summed E-state index contributed by atoms with van der Waals surface area (Å²) in [7, 11) is -4.01. The van der Waals surface area contributed by atoms with Crippen LogP contribution in [-0.4, -0.2) is 11.5 Å². The average Bonchev–Trinajstić information content (AvgIpc) is 2.28. The van der Waals surface area contributed by atoms with Crippen LogP contribution in [0.3, 0.4) is 0 Å². The van der Waals surface area contributed by atoms with E-state index in [-0.39, 0.29) is 6.61 Å². The van der Waals surface area contributed by atoms with Gasteiger partial charge in [0.15, 0.2) is 0 Å². The van der Waals surface area contributed by atoms with Gasteiger partial charge in [0.1, 0.15) is 5.75 Å². The molecule has 0 saturated carbocycles. The first-order chi connectivity index (χ1) is 8.80. The van der Waals surface area contributed by atoms with Crippen LogP contribution in [0.1, 0.15) is 45.6 Å². The SMILES string of the molecule is CC(C)CCOP(=O)(O)Oc1ccc(C(C)C)cc1. The first-order valence-corrected chi connectivity index (χ1v) is 8.06. The van der Waals surface area contributed by atoms with Crippen LogP contribution in [-0.2, 0) is 9.09 Å². The van der Waals surface area contributed by atoms with Gasteiger partial charge in [0.05, 0.1) is 6.61 Å². The van der Waals surface area contributed by atoms with E-state index in [2.05, 4.69) is 13.8 Å². The number of phosphoric ester groups is 1. The summed E-state index contributed by atoms with van der Waals surface area (Å²) >= 11 is 0. The Morgan fingerprint density at radius 1 is 1.16 bits per heavy atom. The van der Waals surface area contributed by atoms with Gasteiger partial charge in [0, 0.05) is 0 Å². The number of hydrogen-bond donors (Lipinski definition) is 1. The molecule has 108 valence electrons. The van der Waals surface area contributed by atoms with Crippen LogP contribution in [0.25, 0.3) is 0 Å². The predicted molar refractivity (Wildman–Crippen MR) is 76.4 cm³/mol. The number of phosphoric acid groups is 1. The number of rotatable bonds is 7. The minimum absolute atomic E-state index is 0.218. The van der Waals surface area contributed by atoms with Gasteiger partial charge in [-0.3, -0.25) is 9.42 Å². The Hall–Kier alpha value is -0.830. The molecule has 1 aromatic carbocycles. The monoisotopic (exact) mass is 286 g/mol. The van der Waals surface area contributed by atoms with Gasteiger partial charge in [0.2, 0.25) is 0 Å². The fourth-order valence-corrected chi connectivity index (χ4v) is 2.25. The summed E-state index contributed by atoms with van der Waals surface area (Å²) in [5, 5.41) is 0. The summed E-state index contributed by atoms with van der Waals surface area (Å²) in [6.07, 6.45) is 0.722. The van der Waals surface area contributed by atoms with E-state index in [1.807, 2.05) is 26.0 Å². The highest BCUT2D eigenvalue weighted by molar-refractivity contribution is 7.47. The summed E-state index contributed by atoms with van der Waals surface area (Å²) in [4.78, 5) is 9.57. The van der Waals surface area contributed by atoms with Crippen molar-refractivity contribution in [3.8, 4) is 5.75 Å². The van der Waals surface area contributed by atoms with Crippen molar-refractivity contribution >= 4 is 7.82 Å². The number of hydrogen-bond acceptors (Lipinski definition) is 3. The van der Waals surface area contributed by atoms with Crippen LogP contribution in [0.5, 0.6) is 5.75 Å². The zero-order valence-electron chi connectivity index (χ0n) is 12.0. The van der Waals surface area contributed by atoms with E-state index in [9.17, 15) is 9.46 Å². The van der Waals surface area contributed by atoms with Gasteiger partial charge in [-0.05, 0) is 36.0 Å². The molecule has 0 fully saturated rings. The highest BCUT2D eigenvalue weighted by Crippen LogP contribution is 2.44. The van der Waals surface area contributed by atoms with Crippen LogP contribution < -0.4 is 4.52 Å². The van der Waals surface area contributed by atoms with E-state index in [1.54, 1.807) is 12.1 Å². The quantitative estimate of drug-likeness (QED) is 0.757. The van der Waals surface area contributed by atoms with Crippen molar-refractivity contribution in [2.24, 2.45) is 5.92 Å². The van der Waals surface area contributed by atoms with E-state index in [0.717, 1.165) is 12.0 Å². The Morgan fingerprint density at radius 2 is 1.74 bits per heavy atom. The highest BCUT2D eigenvalue weighted by atomic mass is 31.2. The van der Waals surface area contributed by atoms with Crippen LogP contribution in [0.15, 0.2) is 24.3 Å². The molecule has 0 heterocycles. The third-order valence-corrected chi connectivity index (χ3v) is 3.67. The molecular weight excluding hydrogens is 263 g/mol. The number of benzene rings is 1. The normalized spacial score (nSPS) is 14.7. The molecule has 0 aliphatic rings. The zero-order valence-corrected chi connectivity index (χ0v) is 12.9. The Labute approximate surface area is 115 Å². The maximum atomic E-state index is 11.7. The second kappa shape index (κ2) is 7.09. The summed E-state index contributed by atoms with van der Waals surface area (Å²) in [6.45, 7) is 8.44. The van der Waals surface area contributed by atoms with Crippen LogP contribution in [0, 0.1) is 5.92 Å². The minimum Gasteiger partial charge on any atom is -0.404 e. The minimum atomic E-state index is -4.01. The van der Waals surface area contributed by atoms with Crippen LogP contribution >= 0.6 is 7.82 Å². The Bertz CT molecular complexity index is 426. The van der Waals surface area contributed by atoms with Crippen molar-refractivity contribution in [3.05, 3.63) is 29.8 Å². The first kappa shape index (κ1) is 16.2. The fraction of sp³-hybridized carbons (Fsp3) is 0.571. The second-order valence-electron chi connectivity index (χ2n) is 5.30. The standard InChI is InChI=1S/C14H23O4P/c1-11(2)9-10-17-19(15,16)18-14-7-5-13(6-8-14)12(3)4/h5-8,11-12H,9-10H2,1-4H3,(H,15,16). The molecule has 1 rings (SSSR count). The van der Waals surface area contributed by atoms with Gasteiger partial charge in [-0.15, -0.1) is 0 Å². The van der Waals surface area contributed by atoms with E-state index in [1.165, 1.54) is 0 Å². The van der Waals surface area contributed by atoms with Crippen LogP contribution in [0.4, 0.5) is 0 Å². The summed E-state index contributed by atoms with van der Waals surface area (Å²) in [6, 6.07) is 7.14. The van der Waals surface area contributed by atoms with Crippen molar-refractivity contribution in [1.82, 2.24) is 0 Å². The van der Waals surface area contributed by atoms with Gasteiger partial charge >= 0.3 is 7.82 Å². The second-order valence-corrected chi connectivity index (χ2v) is 6.68. The predicted octanol–water partition coefficient (Wildman–Crippen LogP) is 4.35. The van der Waals surface area contributed by atoms with Crippen molar-refractivity contribution in [3.63, 3.8) is 0 Å². The zero-order chi connectivity index (χ0) is 14.5. The van der Waals surface area contributed by atoms with Gasteiger partial charge in [-0.1, -0.05) is 39.8 Å². The Kier molecular flexibility index (Phi) is 6.05. The Balaban J connectivity index is 2.55. The molecule has 4 nitrogen and oxygen atoms in total. The molecule has 0 radical (unpaired) electrons. The maximum Gasteiger partial charge on any atom is 0.527 e. The third-order valence-electron chi connectivity index (χ3n) is 2.72. The lowest BCUT2D eigenvalue weighted by Gasteiger charge is -2.14. The summed E-state index contributed by atoms with van der Waals surface area (Å²) < 4.78 is 21.6. The molecule has 0 amide bonds. The Morgan fingerprint density at radius 3 is 2.21 bits per heavy atom. The molecule has 19 heavy (non-hydrogen) atoms. The van der Waals surface area contributed by atoms with Crippen molar-refractivity contribution in [2.45, 2.75) is 40.0 Å². The van der Waals surface area contributed by atoms with Gasteiger partial charge < -0.3 is 4.52 Å². The van der Waals surface area contributed by atoms with Gasteiger partial charge in [0.25, 0.3) is 0 Å². The highest BCUT2D eigenvalue weighted by Gasteiger charge is 2.22. The lowest BCUT2D eigenvalue weighted by molar-refractivity contribution is 0.194. The smallest absolute Gasteiger partial charge is 0.404 e. The molecule has 1 aromatic rings. The molecule has 0 aliphatic carbocycles. The van der Waals surface area contributed by atoms with Gasteiger partial charge in [-0.25, -0.2) is 4.57 Å². The van der Waals surface area contributed by atoms with E-state index >= 15 is 0 Å². The largest absolute Gasteiger partial charge is 0.527 e. The van der Waals surface area contributed by atoms with Crippen molar-refractivity contribution in [1.29, 1.82) is 0 Å². The molecule has 5 heteroatoms. The molecule has 0 saturated heterocycles. The lowest BCUT2D eigenvalue weighted by atomic mass is 10.0. The molecular formula is C14H23O4P. The molecule has 0 aromatic heterocycles. The molecule has 0 bridgehead atoms. The van der Waals surface area contributed by atoms with Crippen LogP contribution in [0.2, 0.25) is 0 Å². The summed E-state index contributed by atoms with van der Waals surface area (Å²) in [5.41, 5.74) is 1.15. The topological polar surface area (TPSA) is 55.8 Å². The molecule has 1 N–H and O–H groups in total. The molecule has 0 spiro atoms. The molecule has 1 atom stereocenters. The molecule has 1 unspecified atom stereocenters. The third kappa shape index (κ3) is 6.24. The maximum absolute atomic E-state index is 11.7.